The number of benzene rings is 1. The van der Waals surface area contributed by atoms with Crippen molar-refractivity contribution >= 4 is 11.8 Å². The van der Waals surface area contributed by atoms with Crippen molar-refractivity contribution in [1.29, 1.82) is 0 Å². The van der Waals surface area contributed by atoms with Crippen LogP contribution < -0.4 is 4.74 Å². The molecule has 0 aliphatic carbocycles. The lowest BCUT2D eigenvalue weighted by Gasteiger charge is -2.28. The van der Waals surface area contributed by atoms with E-state index in [0.717, 1.165) is 28.9 Å². The van der Waals surface area contributed by atoms with Crippen LogP contribution in [0.5, 0.6) is 5.75 Å². The van der Waals surface area contributed by atoms with Crippen molar-refractivity contribution in [2.45, 2.75) is 48.0 Å². The summed E-state index contributed by atoms with van der Waals surface area (Å²) in [4.78, 5) is 29.3. The Morgan fingerprint density at radius 1 is 1.00 bits per heavy atom. The Morgan fingerprint density at radius 2 is 1.62 bits per heavy atom. The monoisotopic (exact) mass is 360 g/mol. The number of ether oxygens (including phenoxy) is 1. The minimum Gasteiger partial charge on any atom is -0.494 e. The Balaban J connectivity index is 2.13. The maximum atomic E-state index is 13.0. The van der Waals surface area contributed by atoms with Crippen LogP contribution in [-0.2, 0) is 4.79 Å². The highest BCUT2D eigenvalue weighted by Gasteiger charge is 2.30. The molecule has 1 heterocycles. The van der Waals surface area contributed by atoms with Gasteiger partial charge in [-0.1, -0.05) is 20.8 Å². The fraction of sp³-hybridized carbons (Fsp3) is 0.619. The fourth-order valence-electron chi connectivity index (χ4n) is 3.30. The van der Waals surface area contributed by atoms with Crippen molar-refractivity contribution in [1.82, 2.24) is 9.80 Å². The lowest BCUT2D eigenvalue weighted by atomic mass is 9.94. The van der Waals surface area contributed by atoms with Crippen LogP contribution in [0.4, 0.5) is 0 Å². The van der Waals surface area contributed by atoms with Gasteiger partial charge in [0.2, 0.25) is 5.91 Å². The van der Waals surface area contributed by atoms with Crippen molar-refractivity contribution in [3.8, 4) is 5.75 Å². The minimum atomic E-state index is -0.387. The lowest BCUT2D eigenvalue weighted by Crippen LogP contribution is -2.42. The number of amides is 2. The molecule has 1 aliphatic rings. The summed E-state index contributed by atoms with van der Waals surface area (Å²) in [5.74, 6) is 1.03. The van der Waals surface area contributed by atoms with Crippen LogP contribution in [0.15, 0.2) is 12.1 Å². The molecule has 1 aliphatic heterocycles. The first-order valence-electron chi connectivity index (χ1n) is 9.47. The van der Waals surface area contributed by atoms with E-state index < -0.39 is 0 Å². The average molecular weight is 360 g/mol. The normalized spacial score (nSPS) is 15.6. The summed E-state index contributed by atoms with van der Waals surface area (Å²) < 4.78 is 5.62. The van der Waals surface area contributed by atoms with E-state index in [0.29, 0.717) is 32.8 Å². The quantitative estimate of drug-likeness (QED) is 0.830. The van der Waals surface area contributed by atoms with Crippen LogP contribution in [0, 0.1) is 19.3 Å². The molecule has 0 aromatic heterocycles. The van der Waals surface area contributed by atoms with E-state index in [2.05, 4.69) is 0 Å². The van der Waals surface area contributed by atoms with Crippen LogP contribution in [-0.4, -0.2) is 54.4 Å². The van der Waals surface area contributed by atoms with Crippen LogP contribution >= 0.6 is 0 Å². The number of rotatable bonds is 3. The lowest BCUT2D eigenvalue weighted by molar-refractivity contribution is -0.139. The van der Waals surface area contributed by atoms with Gasteiger partial charge in [0, 0.05) is 37.2 Å². The SMILES string of the molecule is CCOc1cc(C)c(C(=O)N2CCCN(C(=O)C(C)(C)C)CC2)cc1C. The molecular weight excluding hydrogens is 328 g/mol. The molecule has 1 aromatic carbocycles. The molecule has 5 nitrogen and oxygen atoms in total. The van der Waals surface area contributed by atoms with Gasteiger partial charge in [-0.3, -0.25) is 9.59 Å². The van der Waals surface area contributed by atoms with Crippen molar-refractivity contribution in [3.63, 3.8) is 0 Å². The van der Waals surface area contributed by atoms with Crippen LogP contribution in [0.3, 0.4) is 0 Å². The number of hydrogen-bond donors (Lipinski definition) is 0. The minimum absolute atomic E-state index is 0.0405. The number of aryl methyl sites for hydroxylation is 2. The number of nitrogens with zero attached hydrogens (tertiary/aromatic N) is 2. The van der Waals surface area contributed by atoms with Crippen molar-refractivity contribution < 1.29 is 14.3 Å². The number of hydrogen-bond acceptors (Lipinski definition) is 3. The summed E-state index contributed by atoms with van der Waals surface area (Å²) in [6.45, 7) is 14.9. The first-order chi connectivity index (χ1) is 12.1. The zero-order chi connectivity index (χ0) is 19.5. The zero-order valence-corrected chi connectivity index (χ0v) is 17.0. The maximum absolute atomic E-state index is 13.0. The number of carbonyl (C=O) groups is 2. The molecule has 2 amide bonds. The third-order valence-corrected chi connectivity index (χ3v) is 4.76. The largest absolute Gasteiger partial charge is 0.494 e. The molecule has 0 N–H and O–H groups in total. The second-order valence-corrected chi connectivity index (χ2v) is 8.05. The predicted octanol–water partition coefficient (Wildman–Crippen LogP) is 3.42. The molecule has 0 unspecified atom stereocenters. The van der Waals surface area contributed by atoms with Crippen molar-refractivity contribution in [2.75, 3.05) is 32.8 Å². The molecule has 1 aromatic rings. The Labute approximate surface area is 157 Å². The molecule has 2 rings (SSSR count). The van der Waals surface area contributed by atoms with Gasteiger partial charge in [-0.25, -0.2) is 0 Å². The highest BCUT2D eigenvalue weighted by Crippen LogP contribution is 2.25. The Kier molecular flexibility index (Phi) is 6.32. The zero-order valence-electron chi connectivity index (χ0n) is 17.0. The average Bonchev–Trinajstić information content (AvgIpc) is 2.82. The summed E-state index contributed by atoms with van der Waals surface area (Å²) in [6.07, 6.45) is 0.808. The number of carbonyl (C=O) groups excluding carboxylic acids is 2. The molecule has 5 heteroatoms. The molecule has 0 bridgehead atoms. The molecular formula is C21H32N2O3. The molecule has 144 valence electrons. The summed E-state index contributed by atoms with van der Waals surface area (Å²) in [6, 6.07) is 3.87. The van der Waals surface area contributed by atoms with Gasteiger partial charge in [0.05, 0.1) is 6.61 Å². The first-order valence-corrected chi connectivity index (χ1v) is 9.47. The standard InChI is InChI=1S/C21H32N2O3/c1-7-26-18-14-15(2)17(13-16(18)3)19(24)22-9-8-10-23(12-11-22)20(25)21(4,5)6/h13-14H,7-12H2,1-6H3. The van der Waals surface area contributed by atoms with E-state index in [1.54, 1.807) is 0 Å². The molecule has 1 fully saturated rings. The van der Waals surface area contributed by atoms with E-state index in [1.807, 2.05) is 63.5 Å². The Morgan fingerprint density at radius 3 is 2.23 bits per heavy atom. The Bertz CT molecular complexity index is 677. The van der Waals surface area contributed by atoms with Gasteiger partial charge in [0.1, 0.15) is 5.75 Å². The highest BCUT2D eigenvalue weighted by molar-refractivity contribution is 5.96. The van der Waals surface area contributed by atoms with Crippen LogP contribution in [0.25, 0.3) is 0 Å². The summed E-state index contributed by atoms with van der Waals surface area (Å²) in [7, 11) is 0. The van der Waals surface area contributed by atoms with Gasteiger partial charge < -0.3 is 14.5 Å². The Hall–Kier alpha value is -2.04. The third kappa shape index (κ3) is 4.57. The van der Waals surface area contributed by atoms with Crippen molar-refractivity contribution in [2.24, 2.45) is 5.41 Å². The van der Waals surface area contributed by atoms with E-state index in [-0.39, 0.29) is 17.2 Å². The smallest absolute Gasteiger partial charge is 0.254 e. The maximum Gasteiger partial charge on any atom is 0.254 e. The van der Waals surface area contributed by atoms with E-state index in [9.17, 15) is 9.59 Å². The molecule has 0 radical (unpaired) electrons. The fourth-order valence-corrected chi connectivity index (χ4v) is 3.30. The van der Waals surface area contributed by atoms with Gasteiger partial charge in [-0.05, 0) is 50.5 Å². The molecule has 0 saturated carbocycles. The topological polar surface area (TPSA) is 49.9 Å². The van der Waals surface area contributed by atoms with E-state index >= 15 is 0 Å². The van der Waals surface area contributed by atoms with Gasteiger partial charge in [-0.2, -0.15) is 0 Å². The second kappa shape index (κ2) is 8.11. The first kappa shape index (κ1) is 20.3. The molecule has 1 saturated heterocycles. The van der Waals surface area contributed by atoms with Gasteiger partial charge in [-0.15, -0.1) is 0 Å². The molecule has 0 atom stereocenters. The third-order valence-electron chi connectivity index (χ3n) is 4.76. The van der Waals surface area contributed by atoms with Gasteiger partial charge in [0.15, 0.2) is 0 Å². The van der Waals surface area contributed by atoms with Crippen molar-refractivity contribution in [3.05, 3.63) is 28.8 Å². The van der Waals surface area contributed by atoms with E-state index in [1.165, 1.54) is 0 Å². The highest BCUT2D eigenvalue weighted by atomic mass is 16.5. The van der Waals surface area contributed by atoms with Crippen LogP contribution in [0.2, 0.25) is 0 Å². The predicted molar refractivity (Wildman–Crippen MR) is 104 cm³/mol. The summed E-state index contributed by atoms with van der Waals surface area (Å²) in [5, 5.41) is 0. The second-order valence-electron chi connectivity index (χ2n) is 8.05. The van der Waals surface area contributed by atoms with Crippen LogP contribution in [0.1, 0.15) is 55.6 Å². The van der Waals surface area contributed by atoms with Gasteiger partial charge in [0.25, 0.3) is 5.91 Å². The van der Waals surface area contributed by atoms with Gasteiger partial charge >= 0.3 is 0 Å². The van der Waals surface area contributed by atoms with E-state index in [4.69, 9.17) is 4.74 Å². The summed E-state index contributed by atoms with van der Waals surface area (Å²) in [5.41, 5.74) is 2.24. The molecule has 0 spiro atoms. The molecule has 26 heavy (non-hydrogen) atoms. The summed E-state index contributed by atoms with van der Waals surface area (Å²) >= 11 is 0.